The first kappa shape index (κ1) is 22.2. The van der Waals surface area contributed by atoms with Gasteiger partial charge in [0.15, 0.2) is 6.61 Å². The first-order valence-corrected chi connectivity index (χ1v) is 9.38. The number of halogens is 3. The van der Waals surface area contributed by atoms with Crippen molar-refractivity contribution in [3.63, 3.8) is 0 Å². The smallest absolute Gasteiger partial charge is 0.416 e. The van der Waals surface area contributed by atoms with Crippen LogP contribution in [0, 0.1) is 0 Å². The van der Waals surface area contributed by atoms with Gasteiger partial charge in [0.05, 0.1) is 17.8 Å². The number of ether oxygens (including phenoxy) is 1. The van der Waals surface area contributed by atoms with Crippen molar-refractivity contribution in [3.05, 3.63) is 71.0 Å². The molecule has 0 atom stereocenters. The maximum absolute atomic E-state index is 12.6. The molecule has 0 fully saturated rings. The van der Waals surface area contributed by atoms with Crippen LogP contribution in [0.25, 0.3) is 0 Å². The normalized spacial score (nSPS) is 12.1. The highest BCUT2D eigenvalue weighted by Crippen LogP contribution is 2.29. The van der Waals surface area contributed by atoms with Gasteiger partial charge < -0.3 is 15.3 Å². The Hall–Kier alpha value is -3.47. The molecule has 0 saturated carbocycles. The highest BCUT2D eigenvalue weighted by Gasteiger charge is 2.29. The number of hydrogen-bond acceptors (Lipinski definition) is 7. The summed E-state index contributed by atoms with van der Waals surface area (Å²) in [6.07, 6.45) is -4.36. The van der Waals surface area contributed by atoms with Crippen molar-refractivity contribution in [2.45, 2.75) is 32.9 Å². The fourth-order valence-corrected chi connectivity index (χ4v) is 2.53. The van der Waals surface area contributed by atoms with Crippen molar-refractivity contribution in [1.29, 1.82) is 0 Å². The molecule has 0 amide bonds. The van der Waals surface area contributed by atoms with E-state index in [0.717, 1.165) is 17.7 Å². The number of nitrogens with two attached hydrogens (primary N) is 1. The van der Waals surface area contributed by atoms with Crippen LogP contribution in [0.4, 0.5) is 13.2 Å². The Morgan fingerprint density at radius 2 is 1.77 bits per heavy atom. The molecule has 8 nitrogen and oxygen atoms in total. The maximum atomic E-state index is 12.6. The monoisotopic (exact) mass is 434 g/mol. The van der Waals surface area contributed by atoms with Crippen molar-refractivity contribution in [2.75, 3.05) is 6.54 Å². The van der Waals surface area contributed by atoms with Crippen LogP contribution in [0.2, 0.25) is 0 Å². The molecule has 2 N–H and O–H groups in total. The zero-order valence-electron chi connectivity index (χ0n) is 16.7. The van der Waals surface area contributed by atoms with E-state index < -0.39 is 11.7 Å². The minimum Gasteiger partial charge on any atom is -0.485 e. The number of rotatable bonds is 9. The van der Waals surface area contributed by atoms with Crippen LogP contribution in [0.1, 0.15) is 29.4 Å². The van der Waals surface area contributed by atoms with E-state index in [9.17, 15) is 13.2 Å². The SMILES string of the molecule is C/C(=N\OCc1ccc(C(F)(F)F)cc1)c1ccc(OCc2nnn(CCN)n2)cc1. The summed E-state index contributed by atoms with van der Waals surface area (Å²) in [4.78, 5) is 6.67. The van der Waals surface area contributed by atoms with E-state index in [2.05, 4.69) is 20.6 Å². The summed E-state index contributed by atoms with van der Waals surface area (Å²) in [5.74, 6) is 1.07. The summed E-state index contributed by atoms with van der Waals surface area (Å²) in [5, 5.41) is 15.9. The maximum Gasteiger partial charge on any atom is 0.416 e. The Bertz CT molecular complexity index is 1000. The van der Waals surface area contributed by atoms with Crippen molar-refractivity contribution in [1.82, 2.24) is 20.2 Å². The molecule has 0 bridgehead atoms. The van der Waals surface area contributed by atoms with E-state index >= 15 is 0 Å². The standard InChI is InChI=1S/C20H21F3N6O2/c1-14(27-31-12-15-2-6-17(7-3-15)20(21,22)23)16-4-8-18(9-5-16)30-13-19-25-28-29(26-19)11-10-24/h2-9H,10-13,24H2,1H3/b27-14+. The molecule has 0 spiro atoms. The van der Waals surface area contributed by atoms with Gasteiger partial charge in [-0.25, -0.2) is 0 Å². The number of oxime groups is 1. The number of aromatic nitrogens is 4. The molecule has 1 heterocycles. The lowest BCUT2D eigenvalue weighted by Crippen LogP contribution is -2.12. The van der Waals surface area contributed by atoms with Gasteiger partial charge in [0, 0.05) is 6.54 Å². The molecule has 0 radical (unpaired) electrons. The van der Waals surface area contributed by atoms with Crippen LogP contribution in [0.5, 0.6) is 5.75 Å². The van der Waals surface area contributed by atoms with E-state index in [0.29, 0.717) is 35.9 Å². The fourth-order valence-electron chi connectivity index (χ4n) is 2.53. The molecule has 0 aliphatic heterocycles. The molecular formula is C20H21F3N6O2. The molecule has 0 aliphatic carbocycles. The van der Waals surface area contributed by atoms with Crippen LogP contribution >= 0.6 is 0 Å². The average Bonchev–Trinajstić information content (AvgIpc) is 3.20. The van der Waals surface area contributed by atoms with Gasteiger partial charge in [-0.2, -0.15) is 18.0 Å². The van der Waals surface area contributed by atoms with Crippen molar-refractivity contribution in [3.8, 4) is 5.75 Å². The Balaban J connectivity index is 1.49. The minimum atomic E-state index is -4.36. The Morgan fingerprint density at radius 3 is 2.42 bits per heavy atom. The Kier molecular flexibility index (Phi) is 7.19. The zero-order valence-corrected chi connectivity index (χ0v) is 16.7. The topological polar surface area (TPSA) is 100 Å². The van der Waals surface area contributed by atoms with E-state index in [1.807, 2.05) is 12.1 Å². The van der Waals surface area contributed by atoms with Crippen molar-refractivity contribution in [2.24, 2.45) is 10.9 Å². The van der Waals surface area contributed by atoms with E-state index in [1.54, 1.807) is 19.1 Å². The van der Waals surface area contributed by atoms with Crippen LogP contribution in [-0.2, 0) is 30.8 Å². The Labute approximate surface area is 176 Å². The minimum absolute atomic E-state index is 0.0640. The number of benzene rings is 2. The van der Waals surface area contributed by atoms with Crippen LogP contribution in [0.3, 0.4) is 0 Å². The number of nitrogens with zero attached hydrogens (tertiary/aromatic N) is 5. The lowest BCUT2D eigenvalue weighted by Gasteiger charge is -2.08. The predicted molar refractivity (Wildman–Crippen MR) is 106 cm³/mol. The zero-order chi connectivity index (χ0) is 22.3. The molecule has 3 rings (SSSR count). The third-order valence-electron chi connectivity index (χ3n) is 4.18. The third-order valence-corrected chi connectivity index (χ3v) is 4.18. The first-order chi connectivity index (χ1) is 14.8. The summed E-state index contributed by atoms with van der Waals surface area (Å²) in [5.41, 5.74) is 6.75. The van der Waals surface area contributed by atoms with Gasteiger partial charge in [0.25, 0.3) is 0 Å². The fraction of sp³-hybridized carbons (Fsp3) is 0.300. The summed E-state index contributed by atoms with van der Waals surface area (Å²) < 4.78 is 43.4. The molecule has 1 aromatic heterocycles. The number of hydrogen-bond donors (Lipinski definition) is 1. The van der Waals surface area contributed by atoms with Crippen LogP contribution in [-0.4, -0.2) is 32.5 Å². The molecule has 164 valence electrons. The molecular weight excluding hydrogens is 413 g/mol. The largest absolute Gasteiger partial charge is 0.485 e. The predicted octanol–water partition coefficient (Wildman–Crippen LogP) is 3.17. The lowest BCUT2D eigenvalue weighted by atomic mass is 10.1. The van der Waals surface area contributed by atoms with E-state index in [1.165, 1.54) is 16.9 Å². The Morgan fingerprint density at radius 1 is 1.06 bits per heavy atom. The lowest BCUT2D eigenvalue weighted by molar-refractivity contribution is -0.137. The van der Waals surface area contributed by atoms with Gasteiger partial charge in [0.1, 0.15) is 12.4 Å². The van der Waals surface area contributed by atoms with E-state index in [-0.39, 0.29) is 13.2 Å². The molecule has 11 heteroatoms. The van der Waals surface area contributed by atoms with E-state index in [4.69, 9.17) is 15.3 Å². The van der Waals surface area contributed by atoms with Gasteiger partial charge in [0.2, 0.25) is 5.82 Å². The molecule has 2 aromatic carbocycles. The van der Waals surface area contributed by atoms with Crippen LogP contribution in [0.15, 0.2) is 53.7 Å². The molecule has 31 heavy (non-hydrogen) atoms. The van der Waals surface area contributed by atoms with Gasteiger partial charge in [-0.15, -0.1) is 10.2 Å². The number of alkyl halides is 3. The summed E-state index contributed by atoms with van der Waals surface area (Å²) in [7, 11) is 0. The quantitative estimate of drug-likeness (QED) is 0.410. The van der Waals surface area contributed by atoms with Gasteiger partial charge in [-0.05, 0) is 59.7 Å². The summed E-state index contributed by atoms with van der Waals surface area (Å²) in [6, 6.07) is 11.9. The molecule has 0 saturated heterocycles. The molecule has 0 aliphatic rings. The van der Waals surface area contributed by atoms with Gasteiger partial charge in [-0.3, -0.25) is 0 Å². The van der Waals surface area contributed by atoms with Crippen molar-refractivity contribution >= 4 is 5.71 Å². The van der Waals surface area contributed by atoms with Crippen LogP contribution < -0.4 is 10.5 Å². The first-order valence-electron chi connectivity index (χ1n) is 9.38. The van der Waals surface area contributed by atoms with Crippen molar-refractivity contribution < 1.29 is 22.7 Å². The summed E-state index contributed by atoms with van der Waals surface area (Å²) in [6.45, 7) is 2.92. The van der Waals surface area contributed by atoms with Gasteiger partial charge >= 0.3 is 6.18 Å². The second-order valence-corrected chi connectivity index (χ2v) is 6.55. The summed E-state index contributed by atoms with van der Waals surface area (Å²) >= 11 is 0. The highest BCUT2D eigenvalue weighted by molar-refractivity contribution is 5.98. The molecule has 3 aromatic rings. The second-order valence-electron chi connectivity index (χ2n) is 6.55. The number of tetrazole rings is 1. The third kappa shape index (κ3) is 6.51. The molecule has 0 unspecified atom stereocenters. The van der Waals surface area contributed by atoms with Gasteiger partial charge in [-0.1, -0.05) is 17.3 Å². The second kappa shape index (κ2) is 10.0. The highest BCUT2D eigenvalue weighted by atomic mass is 19.4. The average molecular weight is 434 g/mol.